The first-order valence-electron chi connectivity index (χ1n) is 7.02. The van der Waals surface area contributed by atoms with E-state index < -0.39 is 0 Å². The number of hydrogen-bond acceptors (Lipinski definition) is 3. The van der Waals surface area contributed by atoms with Gasteiger partial charge in [0.1, 0.15) is 0 Å². The van der Waals surface area contributed by atoms with E-state index in [1.54, 1.807) is 0 Å². The summed E-state index contributed by atoms with van der Waals surface area (Å²) in [5.41, 5.74) is 7.14. The molecule has 1 aliphatic heterocycles. The number of nitrogens with zero attached hydrogens (tertiary/aromatic N) is 1. The average molecular weight is 261 g/mol. The van der Waals surface area contributed by atoms with Crippen LogP contribution in [-0.4, -0.2) is 43.0 Å². The van der Waals surface area contributed by atoms with Crippen molar-refractivity contribution in [1.29, 1.82) is 0 Å². The van der Waals surface area contributed by atoms with Gasteiger partial charge < -0.3 is 11.1 Å². The molecule has 0 bridgehead atoms. The second-order valence-electron chi connectivity index (χ2n) is 5.22. The Balaban J connectivity index is 1.57. The summed E-state index contributed by atoms with van der Waals surface area (Å²) in [6.07, 6.45) is 2.99. The van der Waals surface area contributed by atoms with Crippen LogP contribution in [0, 0.1) is 0 Å². The number of carbonyl (C=O) groups is 1. The van der Waals surface area contributed by atoms with Gasteiger partial charge >= 0.3 is 0 Å². The van der Waals surface area contributed by atoms with Crippen molar-refractivity contribution in [2.24, 2.45) is 5.73 Å². The van der Waals surface area contributed by atoms with Gasteiger partial charge in [-0.2, -0.15) is 0 Å². The van der Waals surface area contributed by atoms with Gasteiger partial charge in [0.05, 0.1) is 6.54 Å². The van der Waals surface area contributed by atoms with Crippen molar-refractivity contribution in [3.63, 3.8) is 0 Å². The lowest BCUT2D eigenvalue weighted by molar-refractivity contribution is -0.122. The summed E-state index contributed by atoms with van der Waals surface area (Å²) in [6, 6.07) is 10.6. The van der Waals surface area contributed by atoms with Gasteiger partial charge in [0.25, 0.3) is 0 Å². The molecule has 0 saturated carbocycles. The smallest absolute Gasteiger partial charge is 0.234 e. The highest BCUT2D eigenvalue weighted by molar-refractivity contribution is 5.78. The molecule has 0 aliphatic carbocycles. The summed E-state index contributed by atoms with van der Waals surface area (Å²) in [5.74, 6) is 0.113. The monoisotopic (exact) mass is 261 g/mol. The number of likely N-dealkylation sites (tertiary alicyclic amines) is 1. The summed E-state index contributed by atoms with van der Waals surface area (Å²) >= 11 is 0. The van der Waals surface area contributed by atoms with E-state index in [2.05, 4.69) is 22.3 Å². The van der Waals surface area contributed by atoms with Crippen molar-refractivity contribution in [2.45, 2.75) is 25.3 Å². The van der Waals surface area contributed by atoms with E-state index in [1.807, 2.05) is 18.2 Å². The first-order valence-corrected chi connectivity index (χ1v) is 7.02. The quantitative estimate of drug-likeness (QED) is 0.744. The zero-order valence-electron chi connectivity index (χ0n) is 11.3. The van der Waals surface area contributed by atoms with Gasteiger partial charge in [0.2, 0.25) is 5.91 Å². The van der Waals surface area contributed by atoms with Crippen molar-refractivity contribution < 1.29 is 4.79 Å². The van der Waals surface area contributed by atoms with Gasteiger partial charge in [0, 0.05) is 25.7 Å². The summed E-state index contributed by atoms with van der Waals surface area (Å²) in [6.45, 7) is 3.02. The van der Waals surface area contributed by atoms with Crippen LogP contribution in [0.2, 0.25) is 0 Å². The van der Waals surface area contributed by atoms with Gasteiger partial charge in [-0.15, -0.1) is 0 Å². The van der Waals surface area contributed by atoms with Gasteiger partial charge in [-0.05, 0) is 24.8 Å². The SMILES string of the molecule is N[C@@H]1CCN(CC(=O)NCCCc2ccccc2)C1. The van der Waals surface area contributed by atoms with E-state index in [0.29, 0.717) is 6.54 Å². The van der Waals surface area contributed by atoms with Crippen molar-refractivity contribution in [3.8, 4) is 0 Å². The first kappa shape index (κ1) is 14.0. The second kappa shape index (κ2) is 7.26. The molecule has 4 nitrogen and oxygen atoms in total. The molecule has 3 N–H and O–H groups in total. The molecule has 104 valence electrons. The fraction of sp³-hybridized carbons (Fsp3) is 0.533. The van der Waals surface area contributed by atoms with E-state index in [-0.39, 0.29) is 11.9 Å². The van der Waals surface area contributed by atoms with Crippen molar-refractivity contribution in [1.82, 2.24) is 10.2 Å². The molecule has 1 aliphatic rings. The molecular formula is C15H23N3O. The van der Waals surface area contributed by atoms with Gasteiger partial charge in [0.15, 0.2) is 0 Å². The zero-order valence-corrected chi connectivity index (χ0v) is 11.3. The normalized spacial score (nSPS) is 19.5. The molecule has 1 aromatic rings. The largest absolute Gasteiger partial charge is 0.355 e. The van der Waals surface area contributed by atoms with Crippen LogP contribution in [0.15, 0.2) is 30.3 Å². The third-order valence-electron chi connectivity index (χ3n) is 3.48. The van der Waals surface area contributed by atoms with E-state index in [1.165, 1.54) is 5.56 Å². The van der Waals surface area contributed by atoms with Crippen LogP contribution in [0.3, 0.4) is 0 Å². The Morgan fingerprint density at radius 3 is 2.84 bits per heavy atom. The molecule has 0 spiro atoms. The van der Waals surface area contributed by atoms with Crippen molar-refractivity contribution in [3.05, 3.63) is 35.9 Å². The van der Waals surface area contributed by atoms with Crippen LogP contribution in [0.1, 0.15) is 18.4 Å². The summed E-state index contributed by atoms with van der Waals surface area (Å²) in [7, 11) is 0. The van der Waals surface area contributed by atoms with E-state index in [4.69, 9.17) is 5.73 Å². The number of amides is 1. The number of aryl methyl sites for hydroxylation is 1. The highest BCUT2D eigenvalue weighted by atomic mass is 16.2. The number of nitrogens with one attached hydrogen (secondary N) is 1. The molecule has 1 fully saturated rings. The Morgan fingerprint density at radius 1 is 1.37 bits per heavy atom. The molecule has 0 unspecified atom stereocenters. The molecule has 2 rings (SSSR count). The lowest BCUT2D eigenvalue weighted by atomic mass is 10.1. The third-order valence-corrected chi connectivity index (χ3v) is 3.48. The molecule has 1 amide bonds. The van der Waals surface area contributed by atoms with Crippen LogP contribution in [0.5, 0.6) is 0 Å². The minimum Gasteiger partial charge on any atom is -0.355 e. The van der Waals surface area contributed by atoms with Crippen LogP contribution in [0.4, 0.5) is 0 Å². The Hall–Kier alpha value is -1.39. The maximum Gasteiger partial charge on any atom is 0.234 e. The summed E-state index contributed by atoms with van der Waals surface area (Å²) in [5, 5.41) is 2.97. The van der Waals surface area contributed by atoms with Crippen molar-refractivity contribution >= 4 is 5.91 Å². The molecule has 1 saturated heterocycles. The summed E-state index contributed by atoms with van der Waals surface area (Å²) in [4.78, 5) is 13.8. The Bertz CT molecular complexity index is 394. The van der Waals surface area contributed by atoms with E-state index in [0.717, 1.165) is 38.9 Å². The lowest BCUT2D eigenvalue weighted by Gasteiger charge is -2.14. The topological polar surface area (TPSA) is 58.4 Å². The van der Waals surface area contributed by atoms with E-state index >= 15 is 0 Å². The standard InChI is InChI=1S/C15H23N3O/c16-14-8-10-18(11-14)12-15(19)17-9-4-7-13-5-2-1-3-6-13/h1-3,5-6,14H,4,7-12,16H2,(H,17,19)/t14-/m1/s1. The third kappa shape index (κ3) is 5.01. The summed E-state index contributed by atoms with van der Waals surface area (Å²) < 4.78 is 0. The zero-order chi connectivity index (χ0) is 13.5. The second-order valence-corrected chi connectivity index (χ2v) is 5.22. The fourth-order valence-electron chi connectivity index (χ4n) is 2.43. The van der Waals surface area contributed by atoms with Gasteiger partial charge in [-0.3, -0.25) is 9.69 Å². The van der Waals surface area contributed by atoms with Gasteiger partial charge in [-0.1, -0.05) is 30.3 Å². The van der Waals surface area contributed by atoms with E-state index in [9.17, 15) is 4.79 Å². The Labute approximate surface area is 115 Å². The predicted molar refractivity (Wildman–Crippen MR) is 76.8 cm³/mol. The minimum atomic E-state index is 0.113. The number of nitrogens with two attached hydrogens (primary N) is 1. The van der Waals surface area contributed by atoms with Crippen LogP contribution < -0.4 is 11.1 Å². The number of carbonyl (C=O) groups excluding carboxylic acids is 1. The maximum atomic E-state index is 11.7. The highest BCUT2D eigenvalue weighted by Crippen LogP contribution is 2.05. The predicted octanol–water partition coefficient (Wildman–Crippen LogP) is 0.768. The molecule has 4 heteroatoms. The molecule has 1 aromatic carbocycles. The van der Waals surface area contributed by atoms with Crippen LogP contribution in [0.25, 0.3) is 0 Å². The molecule has 0 radical (unpaired) electrons. The Kier molecular flexibility index (Phi) is 5.36. The molecule has 1 heterocycles. The minimum absolute atomic E-state index is 0.113. The number of hydrogen-bond donors (Lipinski definition) is 2. The molecule has 1 atom stereocenters. The fourth-order valence-corrected chi connectivity index (χ4v) is 2.43. The number of rotatable bonds is 6. The molecule has 0 aromatic heterocycles. The van der Waals surface area contributed by atoms with Crippen LogP contribution in [-0.2, 0) is 11.2 Å². The average Bonchev–Trinajstić information content (AvgIpc) is 2.81. The van der Waals surface area contributed by atoms with Crippen LogP contribution >= 0.6 is 0 Å². The Morgan fingerprint density at radius 2 is 2.16 bits per heavy atom. The van der Waals surface area contributed by atoms with Gasteiger partial charge in [-0.25, -0.2) is 0 Å². The lowest BCUT2D eigenvalue weighted by Crippen LogP contribution is -2.37. The van der Waals surface area contributed by atoms with Crippen molar-refractivity contribution in [2.75, 3.05) is 26.2 Å². The maximum absolute atomic E-state index is 11.7. The first-order chi connectivity index (χ1) is 9.24. The highest BCUT2D eigenvalue weighted by Gasteiger charge is 2.20. The molecule has 19 heavy (non-hydrogen) atoms. The molecular weight excluding hydrogens is 238 g/mol. The number of benzene rings is 1.